The van der Waals surface area contributed by atoms with E-state index >= 15 is 0 Å². The van der Waals surface area contributed by atoms with Crippen LogP contribution in [0.4, 0.5) is 0 Å². The first kappa shape index (κ1) is 8.99. The standard InChI is InChI=1S/C7H11NO4/c1-4(9)5-3-6(12-8-5)7(10)11-2/h4,6,9H,3H2,1-2H3/t4-,6+/m0/s1. The third kappa shape index (κ3) is 1.73. The fourth-order valence-electron chi connectivity index (χ4n) is 0.900. The van der Waals surface area contributed by atoms with Crippen LogP contribution in [0.1, 0.15) is 13.3 Å². The summed E-state index contributed by atoms with van der Waals surface area (Å²) in [5.74, 6) is -0.464. The monoisotopic (exact) mass is 173 g/mol. The number of oxime groups is 1. The maximum atomic E-state index is 10.9. The molecule has 0 aromatic carbocycles. The maximum absolute atomic E-state index is 10.9. The zero-order chi connectivity index (χ0) is 9.14. The van der Waals surface area contributed by atoms with Crippen LogP contribution in [0.3, 0.4) is 0 Å². The lowest BCUT2D eigenvalue weighted by molar-refractivity contribution is -0.152. The summed E-state index contributed by atoms with van der Waals surface area (Å²) in [6.07, 6.45) is -1.04. The molecule has 68 valence electrons. The molecule has 0 radical (unpaired) electrons. The van der Waals surface area contributed by atoms with Crippen LogP contribution in [0.5, 0.6) is 0 Å². The highest BCUT2D eigenvalue weighted by molar-refractivity contribution is 5.93. The second-order valence-electron chi connectivity index (χ2n) is 2.58. The SMILES string of the molecule is COC(=O)[C@H]1CC([C@H](C)O)=NO1. The number of esters is 1. The Hall–Kier alpha value is -1.10. The molecule has 1 aliphatic heterocycles. The molecule has 12 heavy (non-hydrogen) atoms. The van der Waals surface area contributed by atoms with E-state index in [1.165, 1.54) is 7.11 Å². The molecule has 0 aliphatic carbocycles. The highest BCUT2D eigenvalue weighted by Crippen LogP contribution is 2.13. The number of methoxy groups -OCH3 is 1. The second kappa shape index (κ2) is 3.53. The van der Waals surface area contributed by atoms with Gasteiger partial charge in [-0.15, -0.1) is 0 Å². The summed E-state index contributed by atoms with van der Waals surface area (Å²) in [6.45, 7) is 1.57. The van der Waals surface area contributed by atoms with Gasteiger partial charge < -0.3 is 14.7 Å². The molecule has 1 heterocycles. The van der Waals surface area contributed by atoms with Gasteiger partial charge in [0.1, 0.15) is 0 Å². The molecule has 0 aromatic heterocycles. The largest absolute Gasteiger partial charge is 0.466 e. The molecule has 1 aliphatic rings. The lowest BCUT2D eigenvalue weighted by atomic mass is 10.1. The minimum atomic E-state index is -0.681. The molecule has 0 spiro atoms. The van der Waals surface area contributed by atoms with E-state index in [1.807, 2.05) is 0 Å². The number of hydrogen-bond donors (Lipinski definition) is 1. The first-order valence-electron chi connectivity index (χ1n) is 3.63. The highest BCUT2D eigenvalue weighted by atomic mass is 16.7. The Morgan fingerprint density at radius 3 is 3.00 bits per heavy atom. The van der Waals surface area contributed by atoms with Gasteiger partial charge in [-0.3, -0.25) is 0 Å². The van der Waals surface area contributed by atoms with Crippen molar-refractivity contribution in [2.45, 2.75) is 25.6 Å². The summed E-state index contributed by atoms with van der Waals surface area (Å²) in [5.41, 5.74) is 0.477. The molecule has 5 heteroatoms. The molecule has 0 unspecified atom stereocenters. The van der Waals surface area contributed by atoms with Gasteiger partial charge in [0.05, 0.1) is 18.9 Å². The maximum Gasteiger partial charge on any atom is 0.350 e. The van der Waals surface area contributed by atoms with Gasteiger partial charge in [-0.1, -0.05) is 5.16 Å². The minimum Gasteiger partial charge on any atom is -0.466 e. The summed E-state index contributed by atoms with van der Waals surface area (Å²) in [4.78, 5) is 15.6. The van der Waals surface area contributed by atoms with Crippen molar-refractivity contribution in [1.82, 2.24) is 0 Å². The van der Waals surface area contributed by atoms with Crippen molar-refractivity contribution in [3.8, 4) is 0 Å². The molecule has 0 fully saturated rings. The van der Waals surface area contributed by atoms with Gasteiger partial charge in [0.2, 0.25) is 6.10 Å². The van der Waals surface area contributed by atoms with Gasteiger partial charge in [0.25, 0.3) is 0 Å². The third-order valence-corrected chi connectivity index (χ3v) is 1.64. The third-order valence-electron chi connectivity index (χ3n) is 1.64. The van der Waals surface area contributed by atoms with Crippen molar-refractivity contribution in [2.24, 2.45) is 5.16 Å². The van der Waals surface area contributed by atoms with E-state index in [0.717, 1.165) is 0 Å². The number of aliphatic hydroxyl groups is 1. The van der Waals surface area contributed by atoms with Gasteiger partial charge in [-0.05, 0) is 6.92 Å². The van der Waals surface area contributed by atoms with Crippen molar-refractivity contribution in [3.05, 3.63) is 0 Å². The lowest BCUT2D eigenvalue weighted by Crippen LogP contribution is -2.24. The van der Waals surface area contributed by atoms with Crippen LogP contribution in [0, 0.1) is 0 Å². The summed E-state index contributed by atoms with van der Waals surface area (Å²) in [7, 11) is 1.28. The average molecular weight is 173 g/mol. The van der Waals surface area contributed by atoms with E-state index in [2.05, 4.69) is 9.89 Å². The normalized spacial score (nSPS) is 24.2. The van der Waals surface area contributed by atoms with Crippen molar-refractivity contribution in [1.29, 1.82) is 0 Å². The van der Waals surface area contributed by atoms with E-state index in [9.17, 15) is 4.79 Å². The molecule has 1 rings (SSSR count). The highest BCUT2D eigenvalue weighted by Gasteiger charge is 2.30. The van der Waals surface area contributed by atoms with E-state index < -0.39 is 18.2 Å². The van der Waals surface area contributed by atoms with Gasteiger partial charge in [-0.2, -0.15) is 0 Å². The molecular formula is C7H11NO4. The Balaban J connectivity index is 2.47. The zero-order valence-corrected chi connectivity index (χ0v) is 6.98. The summed E-state index contributed by atoms with van der Waals surface area (Å²) in [5, 5.41) is 12.6. The van der Waals surface area contributed by atoms with E-state index in [1.54, 1.807) is 6.92 Å². The second-order valence-corrected chi connectivity index (χ2v) is 2.58. The van der Waals surface area contributed by atoms with E-state index in [0.29, 0.717) is 12.1 Å². The lowest BCUT2D eigenvalue weighted by Gasteiger charge is -2.04. The van der Waals surface area contributed by atoms with Crippen molar-refractivity contribution < 1.29 is 19.5 Å². The van der Waals surface area contributed by atoms with Crippen LogP contribution in [-0.2, 0) is 14.4 Å². The molecular weight excluding hydrogens is 162 g/mol. The summed E-state index contributed by atoms with van der Waals surface area (Å²) in [6, 6.07) is 0. The number of hydrogen-bond acceptors (Lipinski definition) is 5. The minimum absolute atomic E-state index is 0.310. The number of ether oxygens (including phenoxy) is 1. The predicted molar refractivity (Wildman–Crippen MR) is 40.6 cm³/mol. The topological polar surface area (TPSA) is 68.1 Å². The van der Waals surface area contributed by atoms with E-state index in [-0.39, 0.29) is 0 Å². The Bertz CT molecular complexity index is 211. The summed E-state index contributed by atoms with van der Waals surface area (Å²) >= 11 is 0. The van der Waals surface area contributed by atoms with Crippen LogP contribution in [-0.4, -0.2) is 36.1 Å². The Morgan fingerprint density at radius 2 is 2.58 bits per heavy atom. The molecule has 0 saturated carbocycles. The fraction of sp³-hybridized carbons (Fsp3) is 0.714. The average Bonchev–Trinajstić information content (AvgIpc) is 2.51. The van der Waals surface area contributed by atoms with Gasteiger partial charge in [-0.25, -0.2) is 4.79 Å². The number of nitrogens with zero attached hydrogens (tertiary/aromatic N) is 1. The summed E-state index contributed by atoms with van der Waals surface area (Å²) < 4.78 is 4.44. The molecule has 0 bridgehead atoms. The molecule has 2 atom stereocenters. The smallest absolute Gasteiger partial charge is 0.350 e. The number of rotatable bonds is 2. The number of carbonyl (C=O) groups is 1. The van der Waals surface area contributed by atoms with Crippen LogP contribution in [0.25, 0.3) is 0 Å². The number of carbonyl (C=O) groups excluding carboxylic acids is 1. The number of aliphatic hydroxyl groups excluding tert-OH is 1. The van der Waals surface area contributed by atoms with Crippen LogP contribution >= 0.6 is 0 Å². The van der Waals surface area contributed by atoms with Crippen molar-refractivity contribution in [2.75, 3.05) is 7.11 Å². The Morgan fingerprint density at radius 1 is 1.92 bits per heavy atom. The Labute approximate surface area is 70.0 Å². The molecule has 1 N–H and O–H groups in total. The van der Waals surface area contributed by atoms with Crippen LogP contribution in [0.2, 0.25) is 0 Å². The van der Waals surface area contributed by atoms with Gasteiger partial charge in [0.15, 0.2) is 0 Å². The fourth-order valence-corrected chi connectivity index (χ4v) is 0.900. The first-order chi connectivity index (χ1) is 5.65. The molecule has 0 saturated heterocycles. The van der Waals surface area contributed by atoms with Crippen LogP contribution < -0.4 is 0 Å². The zero-order valence-electron chi connectivity index (χ0n) is 6.98. The van der Waals surface area contributed by atoms with Crippen molar-refractivity contribution >= 4 is 11.7 Å². The molecule has 0 aromatic rings. The van der Waals surface area contributed by atoms with Gasteiger partial charge in [0, 0.05) is 6.42 Å². The molecule has 5 nitrogen and oxygen atoms in total. The van der Waals surface area contributed by atoms with Gasteiger partial charge >= 0.3 is 5.97 Å². The van der Waals surface area contributed by atoms with Crippen molar-refractivity contribution in [3.63, 3.8) is 0 Å². The van der Waals surface area contributed by atoms with E-state index in [4.69, 9.17) is 9.94 Å². The first-order valence-corrected chi connectivity index (χ1v) is 3.63. The predicted octanol–water partition coefficient (Wildman–Crippen LogP) is -0.315. The quantitative estimate of drug-likeness (QED) is 0.581. The molecule has 0 amide bonds. The van der Waals surface area contributed by atoms with Crippen LogP contribution in [0.15, 0.2) is 5.16 Å². The Kier molecular flexibility index (Phi) is 2.65.